The van der Waals surface area contributed by atoms with E-state index >= 15 is 0 Å². The summed E-state index contributed by atoms with van der Waals surface area (Å²) < 4.78 is 0. The van der Waals surface area contributed by atoms with Crippen molar-refractivity contribution in [1.82, 2.24) is 0 Å². The Balaban J connectivity index is 4.48. The van der Waals surface area contributed by atoms with Crippen LogP contribution in [0.5, 0.6) is 0 Å². The Morgan fingerprint density at radius 1 is 0.438 bits per heavy atom. The van der Waals surface area contributed by atoms with E-state index in [1.165, 1.54) is 51.4 Å². The van der Waals surface area contributed by atoms with Crippen molar-refractivity contribution in [2.75, 3.05) is 0 Å². The molecule has 0 unspecified atom stereocenters. The first kappa shape index (κ1) is 16.0. The smallest absolute Gasteiger partial charge is 0.0305 e. The van der Waals surface area contributed by atoms with Crippen LogP contribution >= 0.6 is 0 Å². The Kier molecular flexibility index (Phi) is 7.35. The maximum absolute atomic E-state index is 2.37. The second-order valence-corrected chi connectivity index (χ2v) is 5.62. The minimum Gasteiger partial charge on any atom is -0.0649 e. The fraction of sp³-hybridized carbons (Fsp3) is 1.00. The molecular weight excluding hydrogens is 192 g/mol. The number of rotatable bonds is 9. The van der Waals surface area contributed by atoms with Gasteiger partial charge in [-0.05, 0) is 23.7 Å². The summed E-state index contributed by atoms with van der Waals surface area (Å²) in [5, 5.41) is 0. The lowest BCUT2D eigenvalue weighted by Gasteiger charge is -2.37. The van der Waals surface area contributed by atoms with Crippen LogP contribution in [0.1, 0.15) is 92.9 Å². The molecule has 0 aliphatic rings. The van der Waals surface area contributed by atoms with Crippen molar-refractivity contribution in [2.45, 2.75) is 92.9 Å². The molecule has 0 saturated heterocycles. The molecule has 0 aromatic carbocycles. The van der Waals surface area contributed by atoms with Crippen molar-refractivity contribution in [3.05, 3.63) is 0 Å². The van der Waals surface area contributed by atoms with E-state index < -0.39 is 0 Å². The van der Waals surface area contributed by atoms with E-state index in [0.717, 1.165) is 0 Å². The standard InChI is InChI=1S/C16H34/c1-7-15(8-2,9-3)13-14-16(10-4,11-5)12-6/h7-14H2,1-6H3. The summed E-state index contributed by atoms with van der Waals surface area (Å²) in [6.07, 6.45) is 11.0. The maximum atomic E-state index is 2.37. The molecule has 0 saturated carbocycles. The Bertz CT molecular complexity index is 124. The third-order valence-corrected chi connectivity index (χ3v) is 5.69. The molecule has 0 aromatic rings. The molecule has 0 atom stereocenters. The summed E-state index contributed by atoms with van der Waals surface area (Å²) in [6.45, 7) is 14.2. The fourth-order valence-electron chi connectivity index (χ4n) is 3.09. The van der Waals surface area contributed by atoms with E-state index in [4.69, 9.17) is 0 Å². The van der Waals surface area contributed by atoms with Crippen molar-refractivity contribution in [2.24, 2.45) is 10.8 Å². The average molecular weight is 226 g/mol. The summed E-state index contributed by atoms with van der Waals surface area (Å²) in [6, 6.07) is 0. The summed E-state index contributed by atoms with van der Waals surface area (Å²) in [5.74, 6) is 0. The molecule has 0 aliphatic carbocycles. The quantitative estimate of drug-likeness (QED) is 0.439. The molecule has 0 aromatic heterocycles. The van der Waals surface area contributed by atoms with Gasteiger partial charge >= 0.3 is 0 Å². The highest BCUT2D eigenvalue weighted by Crippen LogP contribution is 2.43. The third kappa shape index (κ3) is 3.79. The van der Waals surface area contributed by atoms with Gasteiger partial charge in [-0.25, -0.2) is 0 Å². The maximum Gasteiger partial charge on any atom is -0.0305 e. The highest BCUT2D eigenvalue weighted by atomic mass is 14.4. The highest BCUT2D eigenvalue weighted by Gasteiger charge is 2.30. The molecule has 0 nitrogen and oxygen atoms in total. The van der Waals surface area contributed by atoms with Gasteiger partial charge in [0.05, 0.1) is 0 Å². The molecule has 0 aliphatic heterocycles. The van der Waals surface area contributed by atoms with E-state index in [9.17, 15) is 0 Å². The van der Waals surface area contributed by atoms with Crippen LogP contribution in [0, 0.1) is 10.8 Å². The lowest BCUT2D eigenvalue weighted by atomic mass is 9.68. The predicted octanol–water partition coefficient (Wildman–Crippen LogP) is 6.20. The Hall–Kier alpha value is 0. The first-order chi connectivity index (χ1) is 7.57. The van der Waals surface area contributed by atoms with Crippen LogP contribution in [0.25, 0.3) is 0 Å². The molecule has 0 fully saturated rings. The molecule has 0 amide bonds. The predicted molar refractivity (Wildman–Crippen MR) is 75.8 cm³/mol. The van der Waals surface area contributed by atoms with E-state index in [1.54, 1.807) is 0 Å². The molecular formula is C16H34. The lowest BCUT2D eigenvalue weighted by Crippen LogP contribution is -2.24. The van der Waals surface area contributed by atoms with Gasteiger partial charge in [0.15, 0.2) is 0 Å². The zero-order valence-corrected chi connectivity index (χ0v) is 12.7. The summed E-state index contributed by atoms with van der Waals surface area (Å²) >= 11 is 0. The Morgan fingerprint density at radius 2 is 0.625 bits per heavy atom. The molecule has 0 radical (unpaired) electrons. The summed E-state index contributed by atoms with van der Waals surface area (Å²) in [7, 11) is 0. The van der Waals surface area contributed by atoms with Crippen molar-refractivity contribution < 1.29 is 0 Å². The molecule has 0 heteroatoms. The van der Waals surface area contributed by atoms with Gasteiger partial charge in [-0.3, -0.25) is 0 Å². The Morgan fingerprint density at radius 3 is 0.750 bits per heavy atom. The van der Waals surface area contributed by atoms with E-state index in [0.29, 0.717) is 10.8 Å². The topological polar surface area (TPSA) is 0 Å². The zero-order chi connectivity index (χ0) is 12.7. The van der Waals surface area contributed by atoms with Crippen LogP contribution in [0.3, 0.4) is 0 Å². The third-order valence-electron chi connectivity index (χ3n) is 5.69. The van der Waals surface area contributed by atoms with Gasteiger partial charge in [0, 0.05) is 0 Å². The SMILES string of the molecule is CCC(CC)(CC)CCC(CC)(CC)CC. The van der Waals surface area contributed by atoms with Crippen molar-refractivity contribution >= 4 is 0 Å². The van der Waals surface area contributed by atoms with Gasteiger partial charge in [-0.15, -0.1) is 0 Å². The lowest BCUT2D eigenvalue weighted by molar-refractivity contribution is 0.146. The van der Waals surface area contributed by atoms with Crippen LogP contribution in [-0.4, -0.2) is 0 Å². The van der Waals surface area contributed by atoms with Gasteiger partial charge < -0.3 is 0 Å². The normalized spacial score (nSPS) is 13.1. The van der Waals surface area contributed by atoms with Gasteiger partial charge in [0.25, 0.3) is 0 Å². The molecule has 0 spiro atoms. The van der Waals surface area contributed by atoms with Crippen LogP contribution in [0.2, 0.25) is 0 Å². The first-order valence-electron chi connectivity index (χ1n) is 7.57. The molecule has 16 heavy (non-hydrogen) atoms. The van der Waals surface area contributed by atoms with Gasteiger partial charge in [-0.2, -0.15) is 0 Å². The fourth-order valence-corrected chi connectivity index (χ4v) is 3.09. The number of hydrogen-bond donors (Lipinski definition) is 0. The van der Waals surface area contributed by atoms with Crippen LogP contribution in [-0.2, 0) is 0 Å². The zero-order valence-electron chi connectivity index (χ0n) is 12.7. The van der Waals surface area contributed by atoms with E-state index in [1.807, 2.05) is 0 Å². The Labute approximate surface area is 104 Å². The molecule has 98 valence electrons. The minimum absolute atomic E-state index is 0.630. The molecule has 0 N–H and O–H groups in total. The summed E-state index contributed by atoms with van der Waals surface area (Å²) in [4.78, 5) is 0. The average Bonchev–Trinajstić information content (AvgIpc) is 2.37. The van der Waals surface area contributed by atoms with Crippen LogP contribution in [0.15, 0.2) is 0 Å². The molecule has 0 bridgehead atoms. The van der Waals surface area contributed by atoms with Crippen molar-refractivity contribution in [1.29, 1.82) is 0 Å². The van der Waals surface area contributed by atoms with Gasteiger partial charge in [0.1, 0.15) is 0 Å². The summed E-state index contributed by atoms with van der Waals surface area (Å²) in [5.41, 5.74) is 1.26. The monoisotopic (exact) mass is 226 g/mol. The van der Waals surface area contributed by atoms with E-state index in [-0.39, 0.29) is 0 Å². The second-order valence-electron chi connectivity index (χ2n) is 5.62. The van der Waals surface area contributed by atoms with Gasteiger partial charge in [0.2, 0.25) is 0 Å². The van der Waals surface area contributed by atoms with Crippen molar-refractivity contribution in [3.63, 3.8) is 0 Å². The highest BCUT2D eigenvalue weighted by molar-refractivity contribution is 4.82. The van der Waals surface area contributed by atoms with Crippen LogP contribution < -0.4 is 0 Å². The van der Waals surface area contributed by atoms with Crippen molar-refractivity contribution in [3.8, 4) is 0 Å². The first-order valence-corrected chi connectivity index (χ1v) is 7.57. The van der Waals surface area contributed by atoms with Crippen LogP contribution in [0.4, 0.5) is 0 Å². The minimum atomic E-state index is 0.630. The number of hydrogen-bond acceptors (Lipinski definition) is 0. The molecule has 0 rings (SSSR count). The van der Waals surface area contributed by atoms with Gasteiger partial charge in [-0.1, -0.05) is 80.1 Å². The molecule has 0 heterocycles. The van der Waals surface area contributed by atoms with E-state index in [2.05, 4.69) is 41.5 Å². The second kappa shape index (κ2) is 7.35. The largest absolute Gasteiger partial charge is 0.0649 e.